The van der Waals surface area contributed by atoms with Gasteiger partial charge in [0, 0.05) is 6.20 Å². The third kappa shape index (κ3) is 2.59. The van der Waals surface area contributed by atoms with Crippen LogP contribution in [0.25, 0.3) is 0 Å². The fraction of sp³-hybridized carbons (Fsp3) is 0.182. The maximum Gasteiger partial charge on any atom is 0.113 e. The van der Waals surface area contributed by atoms with Gasteiger partial charge in [-0.05, 0) is 37.5 Å². The van der Waals surface area contributed by atoms with Gasteiger partial charge in [-0.1, -0.05) is 18.1 Å². The first kappa shape index (κ1) is 8.55. The molecule has 1 heterocycles. The Hall–Kier alpha value is -1.55. The van der Waals surface area contributed by atoms with Crippen LogP contribution in [-0.2, 0) is 0 Å². The van der Waals surface area contributed by atoms with Gasteiger partial charge < -0.3 is 0 Å². The zero-order valence-corrected chi connectivity index (χ0v) is 7.33. The number of allylic oxidation sites excluding steroid dienone is 2. The highest BCUT2D eigenvalue weighted by Gasteiger charge is 1.82. The average molecular weight is 157 g/mol. The van der Waals surface area contributed by atoms with E-state index in [9.17, 15) is 0 Å². The van der Waals surface area contributed by atoms with Gasteiger partial charge >= 0.3 is 0 Å². The normalized spacial score (nSPS) is 10.3. The zero-order valence-electron chi connectivity index (χ0n) is 7.33. The van der Waals surface area contributed by atoms with E-state index in [4.69, 9.17) is 0 Å². The summed E-state index contributed by atoms with van der Waals surface area (Å²) < 4.78 is 0. The van der Waals surface area contributed by atoms with Crippen LogP contribution in [0.5, 0.6) is 0 Å². The van der Waals surface area contributed by atoms with E-state index in [1.165, 1.54) is 0 Å². The minimum atomic E-state index is 0.818. The number of pyridine rings is 1. The van der Waals surface area contributed by atoms with Crippen LogP contribution in [0.4, 0.5) is 0 Å². The van der Waals surface area contributed by atoms with Gasteiger partial charge in [0.15, 0.2) is 0 Å². The minimum Gasteiger partial charge on any atom is -0.248 e. The third-order valence-corrected chi connectivity index (χ3v) is 1.49. The maximum absolute atomic E-state index is 4.08. The van der Waals surface area contributed by atoms with Gasteiger partial charge in [-0.25, -0.2) is 4.98 Å². The molecule has 0 aliphatic heterocycles. The number of hydrogen-bond donors (Lipinski definition) is 0. The number of aromatic nitrogens is 1. The van der Waals surface area contributed by atoms with E-state index in [0.717, 1.165) is 11.3 Å². The molecule has 0 unspecified atom stereocenters. The second kappa shape index (κ2) is 4.35. The van der Waals surface area contributed by atoms with Crippen molar-refractivity contribution < 1.29 is 0 Å². The molecule has 0 bridgehead atoms. The summed E-state index contributed by atoms with van der Waals surface area (Å²) in [4.78, 5) is 4.08. The Balaban J connectivity index is 2.81. The molecule has 1 aromatic rings. The van der Waals surface area contributed by atoms with Gasteiger partial charge in [0.1, 0.15) is 5.69 Å². The number of hydrogen-bond acceptors (Lipinski definition) is 1. The minimum absolute atomic E-state index is 0.818. The van der Waals surface area contributed by atoms with E-state index in [1.807, 2.05) is 38.1 Å². The molecule has 1 aromatic heterocycles. The van der Waals surface area contributed by atoms with Gasteiger partial charge in [0.2, 0.25) is 0 Å². The smallest absolute Gasteiger partial charge is 0.113 e. The monoisotopic (exact) mass is 157 g/mol. The van der Waals surface area contributed by atoms with Crippen LogP contribution in [0.15, 0.2) is 36.0 Å². The van der Waals surface area contributed by atoms with Crippen LogP contribution in [0, 0.1) is 11.8 Å². The lowest BCUT2D eigenvalue weighted by Gasteiger charge is -1.85. The van der Waals surface area contributed by atoms with E-state index < -0.39 is 0 Å². The lowest BCUT2D eigenvalue weighted by Crippen LogP contribution is -1.78. The fourth-order valence-electron chi connectivity index (χ4n) is 0.671. The molecule has 0 radical (unpaired) electrons. The van der Waals surface area contributed by atoms with Crippen molar-refractivity contribution in [2.24, 2.45) is 0 Å². The molecule has 0 saturated heterocycles. The fourth-order valence-corrected chi connectivity index (χ4v) is 0.671. The average Bonchev–Trinajstić information content (AvgIpc) is 2.16. The highest BCUT2D eigenvalue weighted by Crippen LogP contribution is 1.92. The summed E-state index contributed by atoms with van der Waals surface area (Å²) in [5.41, 5.74) is 1.89. The van der Waals surface area contributed by atoms with Gasteiger partial charge in [0.25, 0.3) is 0 Å². The molecule has 0 spiro atoms. The van der Waals surface area contributed by atoms with Gasteiger partial charge in [-0.2, -0.15) is 0 Å². The van der Waals surface area contributed by atoms with Crippen LogP contribution >= 0.6 is 0 Å². The first-order chi connectivity index (χ1) is 5.83. The molecule has 0 N–H and O–H groups in total. The third-order valence-electron chi connectivity index (χ3n) is 1.49. The summed E-state index contributed by atoms with van der Waals surface area (Å²) in [5.74, 6) is 5.96. The summed E-state index contributed by atoms with van der Waals surface area (Å²) in [6, 6.07) is 5.71. The van der Waals surface area contributed by atoms with Crippen molar-refractivity contribution in [1.82, 2.24) is 4.98 Å². The van der Waals surface area contributed by atoms with Crippen molar-refractivity contribution in [2.45, 2.75) is 13.8 Å². The van der Waals surface area contributed by atoms with Crippen LogP contribution in [0.1, 0.15) is 19.5 Å². The van der Waals surface area contributed by atoms with E-state index in [-0.39, 0.29) is 0 Å². The first-order valence-electron chi connectivity index (χ1n) is 3.89. The van der Waals surface area contributed by atoms with Gasteiger partial charge in [0.05, 0.1) is 0 Å². The second-order valence-corrected chi connectivity index (χ2v) is 2.44. The zero-order chi connectivity index (χ0) is 8.81. The Labute approximate surface area is 73.2 Å². The predicted molar refractivity (Wildman–Crippen MR) is 50.5 cm³/mol. The van der Waals surface area contributed by atoms with E-state index >= 15 is 0 Å². The van der Waals surface area contributed by atoms with E-state index in [0.29, 0.717) is 0 Å². The highest BCUT2D eigenvalue weighted by atomic mass is 14.6. The van der Waals surface area contributed by atoms with Crippen molar-refractivity contribution in [3.05, 3.63) is 41.7 Å². The summed E-state index contributed by atoms with van der Waals surface area (Å²) in [6.07, 6.45) is 3.73. The molecule has 1 rings (SSSR count). The molecular formula is C11H11N. The molecule has 60 valence electrons. The van der Waals surface area contributed by atoms with Crippen molar-refractivity contribution in [3.63, 3.8) is 0 Å². The molecule has 1 nitrogen and oxygen atoms in total. The quantitative estimate of drug-likeness (QED) is 0.527. The Kier molecular flexibility index (Phi) is 3.10. The number of rotatable bonds is 0. The van der Waals surface area contributed by atoms with Crippen molar-refractivity contribution in [1.29, 1.82) is 0 Å². The van der Waals surface area contributed by atoms with Crippen molar-refractivity contribution in [3.8, 4) is 11.8 Å². The Morgan fingerprint density at radius 3 is 2.92 bits per heavy atom. The first-order valence-corrected chi connectivity index (χ1v) is 3.89. The van der Waals surface area contributed by atoms with E-state index in [2.05, 4.69) is 16.8 Å². The molecular weight excluding hydrogens is 146 g/mol. The van der Waals surface area contributed by atoms with Crippen LogP contribution in [0.2, 0.25) is 0 Å². The topological polar surface area (TPSA) is 12.9 Å². The highest BCUT2D eigenvalue weighted by molar-refractivity contribution is 5.35. The Bertz CT molecular complexity index is 325. The molecule has 12 heavy (non-hydrogen) atoms. The summed E-state index contributed by atoms with van der Waals surface area (Å²) >= 11 is 0. The van der Waals surface area contributed by atoms with Crippen LogP contribution < -0.4 is 0 Å². The van der Waals surface area contributed by atoms with Crippen molar-refractivity contribution in [2.75, 3.05) is 0 Å². The lowest BCUT2D eigenvalue weighted by atomic mass is 10.3. The lowest BCUT2D eigenvalue weighted by molar-refractivity contribution is 1.29. The SMILES string of the molecule is C/C=C(/C)C#Cc1ccccn1. The Morgan fingerprint density at radius 1 is 1.50 bits per heavy atom. The van der Waals surface area contributed by atoms with Gasteiger partial charge in [-0.15, -0.1) is 0 Å². The predicted octanol–water partition coefficient (Wildman–Crippen LogP) is 2.40. The van der Waals surface area contributed by atoms with E-state index in [1.54, 1.807) is 6.20 Å². The van der Waals surface area contributed by atoms with Gasteiger partial charge in [-0.3, -0.25) is 0 Å². The molecule has 0 atom stereocenters. The van der Waals surface area contributed by atoms with Crippen LogP contribution in [-0.4, -0.2) is 4.98 Å². The Morgan fingerprint density at radius 2 is 2.33 bits per heavy atom. The largest absolute Gasteiger partial charge is 0.248 e. The molecule has 0 aromatic carbocycles. The summed E-state index contributed by atoms with van der Waals surface area (Å²) in [7, 11) is 0. The molecule has 0 aliphatic carbocycles. The maximum atomic E-state index is 4.08. The molecule has 0 fully saturated rings. The van der Waals surface area contributed by atoms with Crippen LogP contribution in [0.3, 0.4) is 0 Å². The van der Waals surface area contributed by atoms with Crippen molar-refractivity contribution >= 4 is 0 Å². The number of nitrogens with zero attached hydrogens (tertiary/aromatic N) is 1. The molecule has 0 saturated carbocycles. The standard InChI is InChI=1S/C11H11N/c1-3-10(2)7-8-11-6-4-5-9-12-11/h3-6,9H,1-2H3/b10-3-. The summed E-state index contributed by atoms with van der Waals surface area (Å²) in [5, 5.41) is 0. The molecule has 0 aliphatic rings. The summed E-state index contributed by atoms with van der Waals surface area (Å²) in [6.45, 7) is 3.96. The molecule has 1 heteroatoms. The second-order valence-electron chi connectivity index (χ2n) is 2.44. The molecule has 0 amide bonds.